The summed E-state index contributed by atoms with van der Waals surface area (Å²) in [5, 5.41) is 5.06. The van der Waals surface area contributed by atoms with E-state index in [1.165, 1.54) is 0 Å². The van der Waals surface area contributed by atoms with Gasteiger partial charge in [-0.15, -0.1) is 0 Å². The van der Waals surface area contributed by atoms with Gasteiger partial charge in [0, 0.05) is 31.4 Å². The molecule has 116 valence electrons. The number of carbonyl (C=O) groups is 1. The van der Waals surface area contributed by atoms with Gasteiger partial charge in [0.15, 0.2) is 0 Å². The highest BCUT2D eigenvalue weighted by Crippen LogP contribution is 2.12. The SMILES string of the molecule is O=C(NCCCN1CCOCC1)Nc1cc(F)cc(F)c1. The Morgan fingerprint density at radius 2 is 1.86 bits per heavy atom. The number of morpholine rings is 1. The number of halogens is 2. The highest BCUT2D eigenvalue weighted by molar-refractivity contribution is 5.89. The van der Waals surface area contributed by atoms with E-state index < -0.39 is 17.7 Å². The first kappa shape index (κ1) is 15.7. The van der Waals surface area contributed by atoms with E-state index in [-0.39, 0.29) is 5.69 Å². The number of carbonyl (C=O) groups excluding carboxylic acids is 1. The van der Waals surface area contributed by atoms with Crippen molar-refractivity contribution >= 4 is 11.7 Å². The molecule has 1 saturated heterocycles. The minimum Gasteiger partial charge on any atom is -0.379 e. The van der Waals surface area contributed by atoms with Gasteiger partial charge < -0.3 is 15.4 Å². The topological polar surface area (TPSA) is 53.6 Å². The Morgan fingerprint density at radius 1 is 1.19 bits per heavy atom. The van der Waals surface area contributed by atoms with Crippen LogP contribution in [0.25, 0.3) is 0 Å². The molecular formula is C14H19F2N3O2. The molecule has 21 heavy (non-hydrogen) atoms. The van der Waals surface area contributed by atoms with Crippen molar-refractivity contribution < 1.29 is 18.3 Å². The van der Waals surface area contributed by atoms with Gasteiger partial charge in [0.2, 0.25) is 0 Å². The standard InChI is InChI=1S/C14H19F2N3O2/c15-11-8-12(16)10-13(9-11)18-14(20)17-2-1-3-19-4-6-21-7-5-19/h8-10H,1-7H2,(H2,17,18,20). The van der Waals surface area contributed by atoms with Crippen molar-refractivity contribution in [1.29, 1.82) is 0 Å². The lowest BCUT2D eigenvalue weighted by Gasteiger charge is -2.26. The van der Waals surface area contributed by atoms with Crippen LogP contribution >= 0.6 is 0 Å². The van der Waals surface area contributed by atoms with Gasteiger partial charge in [-0.2, -0.15) is 0 Å². The molecule has 2 N–H and O–H groups in total. The number of anilines is 1. The van der Waals surface area contributed by atoms with Crippen molar-refractivity contribution in [2.75, 3.05) is 44.7 Å². The molecule has 1 aliphatic rings. The predicted octanol–water partition coefficient (Wildman–Crippen LogP) is 1.81. The van der Waals surface area contributed by atoms with Gasteiger partial charge >= 0.3 is 6.03 Å². The number of nitrogens with zero attached hydrogens (tertiary/aromatic N) is 1. The van der Waals surface area contributed by atoms with Gasteiger partial charge in [-0.05, 0) is 25.1 Å². The third kappa shape index (κ3) is 5.65. The molecule has 7 heteroatoms. The van der Waals surface area contributed by atoms with Crippen LogP contribution in [0.4, 0.5) is 19.3 Å². The number of amides is 2. The number of hydrogen-bond donors (Lipinski definition) is 2. The van der Waals surface area contributed by atoms with E-state index >= 15 is 0 Å². The quantitative estimate of drug-likeness (QED) is 0.815. The van der Waals surface area contributed by atoms with Crippen LogP contribution in [0.2, 0.25) is 0 Å². The molecule has 1 aromatic rings. The van der Waals surface area contributed by atoms with Crippen molar-refractivity contribution in [2.45, 2.75) is 6.42 Å². The maximum absolute atomic E-state index is 13.0. The van der Waals surface area contributed by atoms with Crippen LogP contribution in [0.5, 0.6) is 0 Å². The lowest BCUT2D eigenvalue weighted by atomic mass is 10.3. The molecule has 0 saturated carbocycles. The molecule has 0 radical (unpaired) electrons. The summed E-state index contributed by atoms with van der Waals surface area (Å²) < 4.78 is 31.2. The van der Waals surface area contributed by atoms with E-state index in [0.717, 1.165) is 57.5 Å². The highest BCUT2D eigenvalue weighted by Gasteiger charge is 2.09. The number of urea groups is 1. The Bertz CT molecular complexity index is 459. The fraction of sp³-hybridized carbons (Fsp3) is 0.500. The average molecular weight is 299 g/mol. The number of ether oxygens (including phenoxy) is 1. The lowest BCUT2D eigenvalue weighted by molar-refractivity contribution is 0.0375. The molecule has 0 aliphatic carbocycles. The molecule has 0 unspecified atom stereocenters. The van der Waals surface area contributed by atoms with Crippen LogP contribution in [0.3, 0.4) is 0 Å². The van der Waals surface area contributed by atoms with E-state index in [4.69, 9.17) is 4.74 Å². The smallest absolute Gasteiger partial charge is 0.319 e. The highest BCUT2D eigenvalue weighted by atomic mass is 19.1. The minimum atomic E-state index is -0.724. The first-order valence-corrected chi connectivity index (χ1v) is 6.94. The van der Waals surface area contributed by atoms with Gasteiger partial charge in [-0.1, -0.05) is 0 Å². The van der Waals surface area contributed by atoms with Gasteiger partial charge in [-0.25, -0.2) is 13.6 Å². The van der Waals surface area contributed by atoms with E-state index in [1.807, 2.05) is 0 Å². The van der Waals surface area contributed by atoms with Crippen LogP contribution in [0.15, 0.2) is 18.2 Å². The molecule has 1 heterocycles. The molecule has 1 aliphatic heterocycles. The minimum absolute atomic E-state index is 0.0955. The second kappa shape index (κ2) is 7.90. The molecule has 5 nitrogen and oxygen atoms in total. The third-order valence-corrected chi connectivity index (χ3v) is 3.16. The Hall–Kier alpha value is -1.73. The van der Waals surface area contributed by atoms with Gasteiger partial charge in [-0.3, -0.25) is 4.90 Å². The van der Waals surface area contributed by atoms with Crippen molar-refractivity contribution in [3.8, 4) is 0 Å². The van der Waals surface area contributed by atoms with Crippen LogP contribution < -0.4 is 10.6 Å². The van der Waals surface area contributed by atoms with Gasteiger partial charge in [0.05, 0.1) is 13.2 Å². The summed E-state index contributed by atoms with van der Waals surface area (Å²) >= 11 is 0. The van der Waals surface area contributed by atoms with E-state index in [0.29, 0.717) is 6.54 Å². The normalized spacial score (nSPS) is 15.7. The molecule has 0 bridgehead atoms. The third-order valence-electron chi connectivity index (χ3n) is 3.16. The maximum Gasteiger partial charge on any atom is 0.319 e. The lowest BCUT2D eigenvalue weighted by Crippen LogP contribution is -2.38. The number of nitrogens with one attached hydrogen (secondary N) is 2. The molecule has 2 rings (SSSR count). The largest absolute Gasteiger partial charge is 0.379 e. The molecular weight excluding hydrogens is 280 g/mol. The molecule has 2 amide bonds. The molecule has 0 spiro atoms. The van der Waals surface area contributed by atoms with E-state index in [2.05, 4.69) is 15.5 Å². The maximum atomic E-state index is 13.0. The molecule has 0 atom stereocenters. The average Bonchev–Trinajstić information content (AvgIpc) is 2.43. The Kier molecular flexibility index (Phi) is 5.89. The van der Waals surface area contributed by atoms with Crippen molar-refractivity contribution in [3.63, 3.8) is 0 Å². The van der Waals surface area contributed by atoms with Crippen molar-refractivity contribution in [2.24, 2.45) is 0 Å². The Morgan fingerprint density at radius 3 is 2.52 bits per heavy atom. The first-order chi connectivity index (χ1) is 10.1. The van der Waals surface area contributed by atoms with Crippen LogP contribution in [-0.2, 0) is 4.74 Å². The summed E-state index contributed by atoms with van der Waals surface area (Å²) in [6.45, 7) is 4.71. The zero-order chi connectivity index (χ0) is 15.1. The number of hydrogen-bond acceptors (Lipinski definition) is 3. The molecule has 1 aromatic carbocycles. The zero-order valence-electron chi connectivity index (χ0n) is 11.7. The summed E-state index contributed by atoms with van der Waals surface area (Å²) in [5.74, 6) is -1.45. The Labute approximate surface area is 122 Å². The zero-order valence-corrected chi connectivity index (χ0v) is 11.7. The summed E-state index contributed by atoms with van der Waals surface area (Å²) in [6.07, 6.45) is 0.810. The van der Waals surface area contributed by atoms with Gasteiger partial charge in [0.1, 0.15) is 11.6 Å². The van der Waals surface area contributed by atoms with Crippen molar-refractivity contribution in [1.82, 2.24) is 10.2 Å². The number of rotatable bonds is 5. The molecule has 0 aromatic heterocycles. The van der Waals surface area contributed by atoms with Crippen LogP contribution in [0.1, 0.15) is 6.42 Å². The summed E-state index contributed by atoms with van der Waals surface area (Å²) in [4.78, 5) is 13.9. The fourth-order valence-electron chi connectivity index (χ4n) is 2.13. The summed E-state index contributed by atoms with van der Waals surface area (Å²) in [6, 6.07) is 2.42. The second-order valence-corrected chi connectivity index (χ2v) is 4.85. The summed E-state index contributed by atoms with van der Waals surface area (Å²) in [7, 11) is 0. The second-order valence-electron chi connectivity index (χ2n) is 4.85. The van der Waals surface area contributed by atoms with Crippen LogP contribution in [0, 0.1) is 11.6 Å². The van der Waals surface area contributed by atoms with Gasteiger partial charge in [0.25, 0.3) is 0 Å². The van der Waals surface area contributed by atoms with Crippen molar-refractivity contribution in [3.05, 3.63) is 29.8 Å². The predicted molar refractivity (Wildman–Crippen MR) is 75.3 cm³/mol. The number of benzene rings is 1. The summed E-state index contributed by atoms with van der Waals surface area (Å²) in [5.41, 5.74) is 0.0955. The first-order valence-electron chi connectivity index (χ1n) is 6.94. The fourth-order valence-corrected chi connectivity index (χ4v) is 2.13. The van der Waals surface area contributed by atoms with E-state index in [9.17, 15) is 13.6 Å². The monoisotopic (exact) mass is 299 g/mol. The van der Waals surface area contributed by atoms with Crippen LogP contribution in [-0.4, -0.2) is 50.3 Å². The Balaban J connectivity index is 1.65. The van der Waals surface area contributed by atoms with E-state index in [1.54, 1.807) is 0 Å². The molecule has 1 fully saturated rings.